The molecule has 0 aliphatic carbocycles. The van der Waals surface area contributed by atoms with Crippen molar-refractivity contribution in [2.24, 2.45) is 0 Å². The van der Waals surface area contributed by atoms with Crippen molar-refractivity contribution in [1.82, 2.24) is 0 Å². The van der Waals surface area contributed by atoms with E-state index in [4.69, 9.17) is 9.47 Å². The largest absolute Gasteiger partial charge is 0.497 e. The van der Waals surface area contributed by atoms with Crippen molar-refractivity contribution >= 4 is 11.8 Å². The number of thioether (sulfide) groups is 1. The Morgan fingerprint density at radius 3 is 2.35 bits per heavy atom. The molecule has 0 radical (unpaired) electrons. The molecule has 0 amide bonds. The van der Waals surface area contributed by atoms with Gasteiger partial charge in [-0.3, -0.25) is 0 Å². The SMILES string of the molecule is COc1ccc(SC)c(C#Cc2ccccc2OC)c1. The summed E-state index contributed by atoms with van der Waals surface area (Å²) in [5.41, 5.74) is 1.84. The third-order valence-corrected chi connectivity index (χ3v) is 3.64. The minimum atomic E-state index is 0.786. The number of methoxy groups -OCH3 is 2. The molecule has 0 aliphatic heterocycles. The van der Waals surface area contributed by atoms with Crippen molar-refractivity contribution in [2.45, 2.75) is 4.90 Å². The zero-order valence-electron chi connectivity index (χ0n) is 11.8. The number of hydrogen-bond donors (Lipinski definition) is 0. The molecular formula is C17H16O2S. The van der Waals surface area contributed by atoms with Crippen LogP contribution in [0.15, 0.2) is 47.4 Å². The monoisotopic (exact) mass is 284 g/mol. The molecule has 0 spiro atoms. The number of hydrogen-bond acceptors (Lipinski definition) is 3. The quantitative estimate of drug-likeness (QED) is 0.630. The van der Waals surface area contributed by atoms with Gasteiger partial charge in [0.25, 0.3) is 0 Å². The summed E-state index contributed by atoms with van der Waals surface area (Å²) in [6, 6.07) is 13.7. The van der Waals surface area contributed by atoms with Gasteiger partial charge in [0.05, 0.1) is 19.8 Å². The van der Waals surface area contributed by atoms with E-state index in [-0.39, 0.29) is 0 Å². The minimum Gasteiger partial charge on any atom is -0.497 e. The highest BCUT2D eigenvalue weighted by molar-refractivity contribution is 7.98. The van der Waals surface area contributed by atoms with Crippen LogP contribution in [0.1, 0.15) is 11.1 Å². The molecule has 2 aromatic carbocycles. The van der Waals surface area contributed by atoms with Gasteiger partial charge in [-0.05, 0) is 36.6 Å². The van der Waals surface area contributed by atoms with E-state index >= 15 is 0 Å². The van der Waals surface area contributed by atoms with Crippen LogP contribution < -0.4 is 9.47 Å². The third kappa shape index (κ3) is 3.28. The van der Waals surface area contributed by atoms with Crippen LogP contribution in [0.3, 0.4) is 0 Å². The van der Waals surface area contributed by atoms with E-state index in [1.807, 2.05) is 48.7 Å². The number of benzene rings is 2. The molecule has 2 aromatic rings. The summed E-state index contributed by atoms with van der Waals surface area (Å²) in [6.45, 7) is 0. The fourth-order valence-electron chi connectivity index (χ4n) is 1.79. The summed E-state index contributed by atoms with van der Waals surface area (Å²) >= 11 is 1.67. The smallest absolute Gasteiger partial charge is 0.134 e. The van der Waals surface area contributed by atoms with Crippen molar-refractivity contribution in [3.8, 4) is 23.3 Å². The molecule has 0 bridgehead atoms. The Labute approximate surface area is 124 Å². The molecule has 20 heavy (non-hydrogen) atoms. The Morgan fingerprint density at radius 1 is 0.900 bits per heavy atom. The lowest BCUT2D eigenvalue weighted by molar-refractivity contribution is 0.413. The predicted octanol–water partition coefficient (Wildman–Crippen LogP) is 3.83. The van der Waals surface area contributed by atoms with Crippen molar-refractivity contribution < 1.29 is 9.47 Å². The van der Waals surface area contributed by atoms with Crippen LogP contribution in [0.25, 0.3) is 0 Å². The van der Waals surface area contributed by atoms with Gasteiger partial charge in [0, 0.05) is 10.5 Å². The standard InChI is InChI=1S/C17H16O2S/c1-18-15-10-11-17(20-3)14(12-15)9-8-13-6-4-5-7-16(13)19-2/h4-7,10-12H,1-3H3. The Hall–Kier alpha value is -2.05. The van der Waals surface area contributed by atoms with Crippen LogP contribution in [0.5, 0.6) is 11.5 Å². The lowest BCUT2D eigenvalue weighted by atomic mass is 10.1. The number of para-hydroxylation sites is 1. The summed E-state index contributed by atoms with van der Waals surface area (Å²) in [4.78, 5) is 1.13. The van der Waals surface area contributed by atoms with Gasteiger partial charge in [-0.15, -0.1) is 11.8 Å². The Morgan fingerprint density at radius 2 is 1.65 bits per heavy atom. The first-order chi connectivity index (χ1) is 9.78. The van der Waals surface area contributed by atoms with E-state index in [0.29, 0.717) is 0 Å². The molecule has 2 rings (SSSR count). The average Bonchev–Trinajstić information content (AvgIpc) is 2.52. The zero-order chi connectivity index (χ0) is 14.4. The van der Waals surface area contributed by atoms with Crippen LogP contribution in [-0.4, -0.2) is 20.5 Å². The molecule has 3 heteroatoms. The first kappa shape index (κ1) is 14.4. The maximum Gasteiger partial charge on any atom is 0.134 e. The van der Waals surface area contributed by atoms with Crippen molar-refractivity contribution in [3.63, 3.8) is 0 Å². The molecule has 0 aromatic heterocycles. The van der Waals surface area contributed by atoms with Gasteiger partial charge in [-0.25, -0.2) is 0 Å². The van der Waals surface area contributed by atoms with Gasteiger partial charge in [0.2, 0.25) is 0 Å². The molecule has 0 aliphatic rings. The van der Waals surface area contributed by atoms with Crippen LogP contribution in [0, 0.1) is 11.8 Å². The average molecular weight is 284 g/mol. The Bertz CT molecular complexity index is 654. The molecular weight excluding hydrogens is 268 g/mol. The van der Waals surface area contributed by atoms with Crippen molar-refractivity contribution in [2.75, 3.05) is 20.5 Å². The first-order valence-corrected chi connectivity index (χ1v) is 7.38. The third-order valence-electron chi connectivity index (χ3n) is 2.85. The number of ether oxygens (including phenoxy) is 2. The lowest BCUT2D eigenvalue weighted by Crippen LogP contribution is -1.88. The van der Waals surface area contributed by atoms with Gasteiger partial charge in [0.1, 0.15) is 11.5 Å². The lowest BCUT2D eigenvalue weighted by Gasteiger charge is -2.05. The minimum absolute atomic E-state index is 0.786. The molecule has 102 valence electrons. The van der Waals surface area contributed by atoms with E-state index < -0.39 is 0 Å². The summed E-state index contributed by atoms with van der Waals surface area (Å²) < 4.78 is 10.6. The van der Waals surface area contributed by atoms with Gasteiger partial charge in [-0.1, -0.05) is 24.0 Å². The van der Waals surface area contributed by atoms with Gasteiger partial charge in [-0.2, -0.15) is 0 Å². The molecule has 0 atom stereocenters. The molecule has 0 saturated carbocycles. The fourth-order valence-corrected chi connectivity index (χ4v) is 2.33. The second-order valence-electron chi connectivity index (χ2n) is 4.02. The van der Waals surface area contributed by atoms with Crippen LogP contribution in [0.2, 0.25) is 0 Å². The second kappa shape index (κ2) is 6.93. The molecule has 2 nitrogen and oxygen atoms in total. The van der Waals surface area contributed by atoms with Crippen molar-refractivity contribution in [3.05, 3.63) is 53.6 Å². The summed E-state index contributed by atoms with van der Waals surface area (Å²) in [6.07, 6.45) is 2.04. The normalized spacial score (nSPS) is 9.55. The predicted molar refractivity (Wildman–Crippen MR) is 83.7 cm³/mol. The maximum absolute atomic E-state index is 5.30. The Kier molecular flexibility index (Phi) is 4.97. The van der Waals surface area contributed by atoms with E-state index in [2.05, 4.69) is 11.8 Å². The first-order valence-electron chi connectivity index (χ1n) is 6.15. The highest BCUT2D eigenvalue weighted by Crippen LogP contribution is 2.24. The number of rotatable bonds is 3. The van der Waals surface area contributed by atoms with E-state index in [9.17, 15) is 0 Å². The van der Waals surface area contributed by atoms with Gasteiger partial charge < -0.3 is 9.47 Å². The maximum atomic E-state index is 5.30. The van der Waals surface area contributed by atoms with Crippen molar-refractivity contribution in [1.29, 1.82) is 0 Å². The van der Waals surface area contributed by atoms with E-state index in [1.165, 1.54) is 0 Å². The van der Waals surface area contributed by atoms with E-state index in [0.717, 1.165) is 27.5 Å². The van der Waals surface area contributed by atoms with Gasteiger partial charge in [0.15, 0.2) is 0 Å². The zero-order valence-corrected chi connectivity index (χ0v) is 12.6. The topological polar surface area (TPSA) is 18.5 Å². The molecule has 0 heterocycles. The van der Waals surface area contributed by atoms with Crippen LogP contribution in [-0.2, 0) is 0 Å². The summed E-state index contributed by atoms with van der Waals surface area (Å²) in [5.74, 6) is 7.96. The Balaban J connectivity index is 2.41. The molecule has 0 saturated heterocycles. The van der Waals surface area contributed by atoms with Crippen LogP contribution in [0.4, 0.5) is 0 Å². The summed E-state index contributed by atoms with van der Waals surface area (Å²) in [7, 11) is 3.31. The fraction of sp³-hybridized carbons (Fsp3) is 0.176. The summed E-state index contributed by atoms with van der Waals surface area (Å²) in [5, 5.41) is 0. The second-order valence-corrected chi connectivity index (χ2v) is 4.86. The molecule has 0 N–H and O–H groups in total. The highest BCUT2D eigenvalue weighted by atomic mass is 32.2. The molecule has 0 unspecified atom stereocenters. The van der Waals surface area contributed by atoms with Gasteiger partial charge >= 0.3 is 0 Å². The highest BCUT2D eigenvalue weighted by Gasteiger charge is 2.02. The van der Waals surface area contributed by atoms with E-state index in [1.54, 1.807) is 26.0 Å². The molecule has 0 fully saturated rings. The van der Waals surface area contributed by atoms with Crippen LogP contribution >= 0.6 is 11.8 Å².